The maximum absolute atomic E-state index is 12.6. The van der Waals surface area contributed by atoms with Crippen LogP contribution in [0.15, 0.2) is 34.9 Å². The molecule has 2 aromatic rings. The van der Waals surface area contributed by atoms with E-state index in [0.717, 1.165) is 57.0 Å². The van der Waals surface area contributed by atoms with Crippen LogP contribution in [-0.4, -0.2) is 55.7 Å². The average molecular weight is 399 g/mol. The number of carbonyl (C=O) groups excluding carboxylic acids is 2. The van der Waals surface area contributed by atoms with Crippen molar-refractivity contribution in [1.29, 1.82) is 0 Å². The maximum Gasteiger partial charge on any atom is 0.279 e. The van der Waals surface area contributed by atoms with Gasteiger partial charge in [-0.3, -0.25) is 9.59 Å². The quantitative estimate of drug-likeness (QED) is 0.471. The predicted octanol–water partition coefficient (Wildman–Crippen LogP) is -1.20. The van der Waals surface area contributed by atoms with Gasteiger partial charge in [-0.25, -0.2) is 0 Å². The molecule has 0 radical (unpaired) electrons. The lowest BCUT2D eigenvalue weighted by Crippen LogP contribution is -3.28. The fraction of sp³-hybridized carbons (Fsp3) is 0.476. The lowest BCUT2D eigenvalue weighted by atomic mass is 10.1. The molecule has 0 unspecified atom stereocenters. The average Bonchev–Trinajstić information content (AvgIpc) is 3.43. The van der Waals surface area contributed by atoms with Crippen LogP contribution >= 0.6 is 0 Å². The van der Waals surface area contributed by atoms with E-state index in [9.17, 15) is 9.59 Å². The molecule has 1 aromatic heterocycles. The molecule has 4 rings (SSSR count). The number of nitrogens with one attached hydrogen (secondary N) is 4. The van der Waals surface area contributed by atoms with Crippen molar-refractivity contribution in [3.63, 3.8) is 0 Å². The predicted molar refractivity (Wildman–Crippen MR) is 107 cm³/mol. The van der Waals surface area contributed by atoms with Crippen LogP contribution in [0, 0.1) is 6.92 Å². The largest absolute Gasteiger partial charge is 0.361 e. The number of rotatable bonds is 7. The Morgan fingerprint density at radius 2 is 1.86 bits per heavy atom. The second kappa shape index (κ2) is 8.75. The Hall–Kier alpha value is -2.71. The van der Waals surface area contributed by atoms with E-state index in [1.165, 1.54) is 9.80 Å². The number of carbonyl (C=O) groups is 2. The molecule has 1 aliphatic carbocycles. The molecule has 2 amide bonds. The summed E-state index contributed by atoms with van der Waals surface area (Å²) in [6.07, 6.45) is 2.07. The first-order valence-corrected chi connectivity index (χ1v) is 10.4. The summed E-state index contributed by atoms with van der Waals surface area (Å²) in [4.78, 5) is 27.7. The fourth-order valence-corrected chi connectivity index (χ4v) is 3.77. The standard InChI is InChI=1S/C21H27N5O3/c1-15-12-17(24-29-15)13-25-8-10-26(11-9-25)14-20(27)23-19-5-3-2-4-18(19)21(28)22-16-6-7-16/h2-5,12,16H,6-11,13-14H2,1H3,(H,22,28)(H,23,27)/p+2. The molecule has 1 saturated heterocycles. The van der Waals surface area contributed by atoms with Gasteiger partial charge in [0.05, 0.1) is 11.3 Å². The summed E-state index contributed by atoms with van der Waals surface area (Å²) >= 11 is 0. The highest BCUT2D eigenvalue weighted by molar-refractivity contribution is 6.04. The number of piperazine rings is 1. The summed E-state index contributed by atoms with van der Waals surface area (Å²) in [5.41, 5.74) is 2.10. The molecule has 8 heteroatoms. The number of para-hydroxylation sites is 1. The third-order valence-electron chi connectivity index (χ3n) is 5.54. The van der Waals surface area contributed by atoms with Crippen LogP contribution in [0.25, 0.3) is 0 Å². The molecule has 2 heterocycles. The van der Waals surface area contributed by atoms with Gasteiger partial charge in [-0.1, -0.05) is 17.3 Å². The van der Waals surface area contributed by atoms with Crippen LogP contribution in [0.5, 0.6) is 0 Å². The van der Waals surface area contributed by atoms with Crippen molar-refractivity contribution < 1.29 is 23.9 Å². The van der Waals surface area contributed by atoms with Crippen molar-refractivity contribution in [3.05, 3.63) is 47.3 Å². The van der Waals surface area contributed by atoms with Gasteiger partial charge in [-0.2, -0.15) is 0 Å². The smallest absolute Gasteiger partial charge is 0.279 e. The Labute approximate surface area is 170 Å². The molecular formula is C21H29N5O3+2. The third kappa shape index (κ3) is 5.42. The number of hydrogen-bond acceptors (Lipinski definition) is 4. The molecule has 0 atom stereocenters. The molecule has 4 N–H and O–H groups in total. The Morgan fingerprint density at radius 3 is 2.55 bits per heavy atom. The number of benzene rings is 1. The molecular weight excluding hydrogens is 370 g/mol. The van der Waals surface area contributed by atoms with Crippen molar-refractivity contribution in [2.45, 2.75) is 32.4 Å². The van der Waals surface area contributed by atoms with Crippen LogP contribution in [0.2, 0.25) is 0 Å². The summed E-state index contributed by atoms with van der Waals surface area (Å²) in [7, 11) is 0. The van der Waals surface area contributed by atoms with Gasteiger partial charge in [0.1, 0.15) is 44.2 Å². The van der Waals surface area contributed by atoms with Gasteiger partial charge >= 0.3 is 0 Å². The lowest BCUT2D eigenvalue weighted by molar-refractivity contribution is -1.02. The van der Waals surface area contributed by atoms with E-state index in [4.69, 9.17) is 4.52 Å². The Balaban J connectivity index is 1.26. The first-order chi connectivity index (χ1) is 14.1. The van der Waals surface area contributed by atoms with Crippen LogP contribution in [0.3, 0.4) is 0 Å². The lowest BCUT2D eigenvalue weighted by Gasteiger charge is -2.28. The van der Waals surface area contributed by atoms with E-state index in [0.29, 0.717) is 17.8 Å². The van der Waals surface area contributed by atoms with Gasteiger partial charge in [-0.15, -0.1) is 0 Å². The van der Waals surface area contributed by atoms with E-state index in [1.54, 1.807) is 12.1 Å². The first kappa shape index (κ1) is 19.6. The maximum atomic E-state index is 12.6. The van der Waals surface area contributed by atoms with Crippen molar-refractivity contribution >= 4 is 17.5 Å². The normalized spacial score (nSPS) is 21.6. The van der Waals surface area contributed by atoms with Gasteiger partial charge in [0.2, 0.25) is 0 Å². The van der Waals surface area contributed by atoms with E-state index < -0.39 is 0 Å². The second-order valence-electron chi connectivity index (χ2n) is 8.12. The summed E-state index contributed by atoms with van der Waals surface area (Å²) in [5.74, 6) is 0.671. The minimum Gasteiger partial charge on any atom is -0.361 e. The van der Waals surface area contributed by atoms with Gasteiger partial charge in [-0.05, 0) is 31.9 Å². The van der Waals surface area contributed by atoms with E-state index >= 15 is 0 Å². The number of aromatic nitrogens is 1. The molecule has 2 fully saturated rings. The van der Waals surface area contributed by atoms with Crippen LogP contribution in [0.1, 0.15) is 34.7 Å². The molecule has 2 aliphatic rings. The van der Waals surface area contributed by atoms with Crippen molar-refractivity contribution in [2.75, 3.05) is 38.0 Å². The second-order valence-corrected chi connectivity index (χ2v) is 8.12. The Bertz CT molecular complexity index is 869. The molecule has 29 heavy (non-hydrogen) atoms. The molecule has 0 bridgehead atoms. The highest BCUT2D eigenvalue weighted by atomic mass is 16.5. The number of nitrogens with zero attached hydrogens (tertiary/aromatic N) is 1. The number of quaternary nitrogens is 2. The van der Waals surface area contributed by atoms with E-state index in [-0.39, 0.29) is 17.9 Å². The monoisotopic (exact) mass is 399 g/mol. The number of aryl methyl sites for hydroxylation is 1. The molecule has 154 valence electrons. The third-order valence-corrected chi connectivity index (χ3v) is 5.54. The zero-order chi connectivity index (χ0) is 20.2. The Morgan fingerprint density at radius 1 is 1.14 bits per heavy atom. The highest BCUT2D eigenvalue weighted by Crippen LogP contribution is 2.21. The summed E-state index contributed by atoms with van der Waals surface area (Å²) in [5, 5.41) is 9.99. The van der Waals surface area contributed by atoms with Crippen molar-refractivity contribution in [3.8, 4) is 0 Å². The van der Waals surface area contributed by atoms with Crippen LogP contribution in [-0.2, 0) is 11.3 Å². The Kier molecular flexibility index (Phi) is 5.92. The van der Waals surface area contributed by atoms with Gasteiger partial charge < -0.3 is 25.0 Å². The number of hydrogen-bond donors (Lipinski definition) is 4. The van der Waals surface area contributed by atoms with Gasteiger partial charge in [0.25, 0.3) is 11.8 Å². The van der Waals surface area contributed by atoms with Crippen molar-refractivity contribution in [1.82, 2.24) is 10.5 Å². The zero-order valence-electron chi connectivity index (χ0n) is 16.8. The van der Waals surface area contributed by atoms with Crippen LogP contribution in [0.4, 0.5) is 5.69 Å². The summed E-state index contributed by atoms with van der Waals surface area (Å²) < 4.78 is 5.14. The fourth-order valence-electron chi connectivity index (χ4n) is 3.77. The van der Waals surface area contributed by atoms with E-state index in [2.05, 4.69) is 15.8 Å². The summed E-state index contributed by atoms with van der Waals surface area (Å²) in [6, 6.07) is 9.47. The molecule has 1 aromatic carbocycles. The zero-order valence-corrected chi connectivity index (χ0v) is 16.8. The van der Waals surface area contributed by atoms with Crippen molar-refractivity contribution in [2.24, 2.45) is 0 Å². The van der Waals surface area contributed by atoms with Crippen LogP contribution < -0.4 is 20.4 Å². The minimum atomic E-state index is -0.115. The van der Waals surface area contributed by atoms with Gasteiger partial charge in [0.15, 0.2) is 6.54 Å². The summed E-state index contributed by atoms with van der Waals surface area (Å²) in [6.45, 7) is 7.03. The molecule has 8 nitrogen and oxygen atoms in total. The minimum absolute atomic E-state index is 0.0535. The van der Waals surface area contributed by atoms with E-state index in [1.807, 2.05) is 25.1 Å². The topological polar surface area (TPSA) is 93.1 Å². The molecule has 0 spiro atoms. The molecule has 1 aliphatic heterocycles. The number of amides is 2. The molecule has 1 saturated carbocycles. The SMILES string of the molecule is Cc1cc(C[NH+]2CC[NH+](CC(=O)Nc3ccccc3C(=O)NC3CC3)CC2)no1. The van der Waals surface area contributed by atoms with Gasteiger partial charge in [0, 0.05) is 12.1 Å². The highest BCUT2D eigenvalue weighted by Gasteiger charge is 2.27. The first-order valence-electron chi connectivity index (χ1n) is 10.4. The number of anilines is 1.